The van der Waals surface area contributed by atoms with Gasteiger partial charge in [0.2, 0.25) is 0 Å². The molecule has 0 saturated carbocycles. The van der Waals surface area contributed by atoms with E-state index in [4.69, 9.17) is 4.74 Å². The maximum absolute atomic E-state index is 10.6. The van der Waals surface area contributed by atoms with E-state index in [0.29, 0.717) is 0 Å². The number of alkyl carbamates (subject to hydrolysis) is 1. The Balaban J connectivity index is 2.76. The van der Waals surface area contributed by atoms with Crippen molar-refractivity contribution >= 4 is 6.09 Å². The molecule has 56 valence electrons. The fourth-order valence-electron chi connectivity index (χ4n) is 0.969. The molecule has 0 aromatic rings. The molecule has 1 aliphatic rings. The molecule has 0 aromatic carbocycles. The Hall–Kier alpha value is -0.990. The Bertz CT molecular complexity index is 174. The van der Waals surface area contributed by atoms with Gasteiger partial charge in [0.25, 0.3) is 0 Å². The minimum atomic E-state index is -0.366. The summed E-state index contributed by atoms with van der Waals surface area (Å²) in [7, 11) is 0. The van der Waals surface area contributed by atoms with Crippen molar-refractivity contribution in [3.05, 3.63) is 12.7 Å². The third-order valence-corrected chi connectivity index (χ3v) is 1.58. The van der Waals surface area contributed by atoms with Crippen LogP contribution >= 0.6 is 0 Å². The SMILES string of the molecule is C=C[C@H]1OC(=O)NC1(C)C. The predicted octanol–water partition coefficient (Wildman–Crippen LogP) is 1.06. The number of cyclic esters (lactones) is 1. The lowest BCUT2D eigenvalue weighted by molar-refractivity contribution is 0.144. The van der Waals surface area contributed by atoms with Gasteiger partial charge in [0, 0.05) is 0 Å². The third kappa shape index (κ3) is 0.988. The average molecular weight is 141 g/mol. The zero-order chi connectivity index (χ0) is 7.78. The van der Waals surface area contributed by atoms with Crippen LogP contribution in [0.2, 0.25) is 0 Å². The first-order valence-corrected chi connectivity index (χ1v) is 3.17. The van der Waals surface area contributed by atoms with Gasteiger partial charge in [-0.15, -0.1) is 0 Å². The summed E-state index contributed by atoms with van der Waals surface area (Å²) >= 11 is 0. The van der Waals surface area contributed by atoms with Gasteiger partial charge in [-0.1, -0.05) is 6.58 Å². The van der Waals surface area contributed by atoms with Gasteiger partial charge in [0.05, 0.1) is 5.54 Å². The lowest BCUT2D eigenvalue weighted by atomic mass is 9.99. The molecule has 1 aliphatic heterocycles. The van der Waals surface area contributed by atoms with Crippen LogP contribution < -0.4 is 5.32 Å². The van der Waals surface area contributed by atoms with Crippen LogP contribution in [0.25, 0.3) is 0 Å². The number of ether oxygens (including phenoxy) is 1. The molecule has 1 amide bonds. The highest BCUT2D eigenvalue weighted by molar-refractivity contribution is 5.71. The molecule has 1 fully saturated rings. The van der Waals surface area contributed by atoms with Gasteiger partial charge in [-0.2, -0.15) is 0 Å². The maximum atomic E-state index is 10.6. The number of hydrogen-bond acceptors (Lipinski definition) is 2. The smallest absolute Gasteiger partial charge is 0.408 e. The largest absolute Gasteiger partial charge is 0.440 e. The summed E-state index contributed by atoms with van der Waals surface area (Å²) in [4.78, 5) is 10.6. The summed E-state index contributed by atoms with van der Waals surface area (Å²) < 4.78 is 4.86. The molecule has 1 atom stereocenters. The highest BCUT2D eigenvalue weighted by Crippen LogP contribution is 2.19. The zero-order valence-corrected chi connectivity index (χ0v) is 6.18. The first-order valence-electron chi connectivity index (χ1n) is 3.17. The van der Waals surface area contributed by atoms with Gasteiger partial charge >= 0.3 is 6.09 Å². The fourth-order valence-corrected chi connectivity index (χ4v) is 0.969. The van der Waals surface area contributed by atoms with Gasteiger partial charge in [-0.3, -0.25) is 0 Å². The molecule has 0 bridgehead atoms. The van der Waals surface area contributed by atoms with E-state index in [1.165, 1.54) is 0 Å². The van der Waals surface area contributed by atoms with Crippen LogP contribution in [0, 0.1) is 0 Å². The van der Waals surface area contributed by atoms with E-state index < -0.39 is 0 Å². The van der Waals surface area contributed by atoms with Crippen molar-refractivity contribution in [2.45, 2.75) is 25.5 Å². The second-order valence-electron chi connectivity index (χ2n) is 2.91. The Morgan fingerprint density at radius 1 is 1.80 bits per heavy atom. The third-order valence-electron chi connectivity index (χ3n) is 1.58. The normalized spacial score (nSPS) is 29.0. The number of carbonyl (C=O) groups is 1. The summed E-state index contributed by atoms with van der Waals surface area (Å²) in [5.41, 5.74) is -0.307. The van der Waals surface area contributed by atoms with Crippen LogP contribution in [0.4, 0.5) is 4.79 Å². The Morgan fingerprint density at radius 3 is 2.60 bits per heavy atom. The first-order chi connectivity index (χ1) is 4.56. The lowest BCUT2D eigenvalue weighted by Crippen LogP contribution is -2.41. The number of rotatable bonds is 1. The second-order valence-corrected chi connectivity index (χ2v) is 2.91. The maximum Gasteiger partial charge on any atom is 0.408 e. The van der Waals surface area contributed by atoms with Gasteiger partial charge in [0.1, 0.15) is 6.10 Å². The van der Waals surface area contributed by atoms with Crippen molar-refractivity contribution in [1.29, 1.82) is 0 Å². The van der Waals surface area contributed by atoms with Crippen molar-refractivity contribution in [1.82, 2.24) is 5.32 Å². The highest BCUT2D eigenvalue weighted by Gasteiger charge is 2.38. The summed E-state index contributed by atoms with van der Waals surface area (Å²) in [5.74, 6) is 0. The first kappa shape index (κ1) is 7.12. The fraction of sp³-hybridized carbons (Fsp3) is 0.571. The van der Waals surface area contributed by atoms with E-state index in [2.05, 4.69) is 11.9 Å². The highest BCUT2D eigenvalue weighted by atomic mass is 16.6. The number of hydrogen-bond donors (Lipinski definition) is 1. The van der Waals surface area contributed by atoms with E-state index in [9.17, 15) is 4.79 Å². The van der Waals surface area contributed by atoms with E-state index in [0.717, 1.165) is 0 Å². The molecule has 1 heterocycles. The summed E-state index contributed by atoms with van der Waals surface area (Å²) in [6, 6.07) is 0. The molecular formula is C7H11NO2. The molecule has 3 nitrogen and oxygen atoms in total. The van der Waals surface area contributed by atoms with Crippen LogP contribution in [-0.4, -0.2) is 17.7 Å². The second kappa shape index (κ2) is 2.01. The number of carbonyl (C=O) groups excluding carboxylic acids is 1. The van der Waals surface area contributed by atoms with Crippen LogP contribution in [0.1, 0.15) is 13.8 Å². The lowest BCUT2D eigenvalue weighted by Gasteiger charge is -2.19. The van der Waals surface area contributed by atoms with E-state index in [1.54, 1.807) is 6.08 Å². The quantitative estimate of drug-likeness (QED) is 0.554. The molecule has 0 aliphatic carbocycles. The summed E-state index contributed by atoms with van der Waals surface area (Å²) in [6.07, 6.45) is 1.05. The van der Waals surface area contributed by atoms with E-state index >= 15 is 0 Å². The monoisotopic (exact) mass is 141 g/mol. The predicted molar refractivity (Wildman–Crippen MR) is 37.7 cm³/mol. The Labute approximate surface area is 60.1 Å². The molecule has 0 radical (unpaired) electrons. The topological polar surface area (TPSA) is 38.3 Å². The van der Waals surface area contributed by atoms with E-state index in [1.807, 2.05) is 13.8 Å². The van der Waals surface area contributed by atoms with Crippen LogP contribution in [0.5, 0.6) is 0 Å². The zero-order valence-electron chi connectivity index (χ0n) is 6.18. The number of amides is 1. The molecule has 3 heteroatoms. The molecule has 0 aromatic heterocycles. The van der Waals surface area contributed by atoms with Crippen molar-refractivity contribution in [3.63, 3.8) is 0 Å². The van der Waals surface area contributed by atoms with Crippen LogP contribution in [-0.2, 0) is 4.74 Å². The van der Waals surface area contributed by atoms with E-state index in [-0.39, 0.29) is 17.7 Å². The Kier molecular flexibility index (Phi) is 1.43. The van der Waals surface area contributed by atoms with Gasteiger partial charge < -0.3 is 10.1 Å². The average Bonchev–Trinajstić information content (AvgIpc) is 2.04. The minimum Gasteiger partial charge on any atom is -0.440 e. The standard InChI is InChI=1S/C7H11NO2/c1-4-5-7(2,3)8-6(9)10-5/h4-5H,1H2,2-3H3,(H,8,9)/t5-/m1/s1. The van der Waals surface area contributed by atoms with Crippen molar-refractivity contribution in [2.24, 2.45) is 0 Å². The Morgan fingerprint density at radius 2 is 2.40 bits per heavy atom. The van der Waals surface area contributed by atoms with Crippen molar-refractivity contribution < 1.29 is 9.53 Å². The van der Waals surface area contributed by atoms with Crippen molar-refractivity contribution in [3.8, 4) is 0 Å². The number of nitrogens with one attached hydrogen (secondary N) is 1. The molecule has 0 unspecified atom stereocenters. The van der Waals surface area contributed by atoms with Gasteiger partial charge in [-0.05, 0) is 19.9 Å². The summed E-state index contributed by atoms with van der Waals surface area (Å²) in [5, 5.41) is 2.66. The van der Waals surface area contributed by atoms with Crippen molar-refractivity contribution in [2.75, 3.05) is 0 Å². The van der Waals surface area contributed by atoms with Gasteiger partial charge in [0.15, 0.2) is 0 Å². The summed E-state index contributed by atoms with van der Waals surface area (Å²) in [6.45, 7) is 7.34. The molecule has 1 rings (SSSR count). The molecule has 1 N–H and O–H groups in total. The molecule has 0 spiro atoms. The van der Waals surface area contributed by atoms with Gasteiger partial charge in [-0.25, -0.2) is 4.79 Å². The molecule has 1 saturated heterocycles. The van der Waals surface area contributed by atoms with Crippen LogP contribution in [0.3, 0.4) is 0 Å². The molecule has 10 heavy (non-hydrogen) atoms. The molecular weight excluding hydrogens is 130 g/mol. The van der Waals surface area contributed by atoms with Crippen LogP contribution in [0.15, 0.2) is 12.7 Å². The minimum absolute atomic E-state index is 0.208.